The Kier molecular flexibility index (Phi) is 4.28. The van der Waals surface area contributed by atoms with Crippen molar-refractivity contribution in [3.05, 3.63) is 0 Å². The number of carbonyl (C=O) groups is 1. The van der Waals surface area contributed by atoms with Crippen molar-refractivity contribution in [2.75, 3.05) is 11.0 Å². The van der Waals surface area contributed by atoms with Gasteiger partial charge in [-0.25, -0.2) is 0 Å². The lowest BCUT2D eigenvalue weighted by molar-refractivity contribution is -0.149. The molecule has 1 aliphatic heterocycles. The standard InChI is InChI=1S/C8H14INO2/c1-6(5-9)12-8(11)7-3-2-4-10-7/h6-7,10H,2-5H2,1H3. The Morgan fingerprint density at radius 1 is 1.83 bits per heavy atom. The second-order valence-corrected chi connectivity index (χ2v) is 3.93. The summed E-state index contributed by atoms with van der Waals surface area (Å²) in [4.78, 5) is 11.3. The molecule has 0 aromatic rings. The fourth-order valence-corrected chi connectivity index (χ4v) is 1.38. The monoisotopic (exact) mass is 283 g/mol. The predicted octanol–water partition coefficient (Wildman–Crippen LogP) is 1.11. The van der Waals surface area contributed by atoms with E-state index in [0.717, 1.165) is 23.8 Å². The third-order valence-corrected chi connectivity index (χ3v) is 3.12. The number of nitrogens with one attached hydrogen (secondary N) is 1. The Bertz CT molecular complexity index is 157. The summed E-state index contributed by atoms with van der Waals surface area (Å²) in [6, 6.07) is -0.0459. The van der Waals surface area contributed by atoms with E-state index in [-0.39, 0.29) is 18.1 Å². The number of esters is 1. The summed E-state index contributed by atoms with van der Waals surface area (Å²) in [6.45, 7) is 2.86. The van der Waals surface area contributed by atoms with Crippen LogP contribution in [0.5, 0.6) is 0 Å². The van der Waals surface area contributed by atoms with E-state index in [4.69, 9.17) is 4.74 Å². The van der Waals surface area contributed by atoms with Crippen molar-refractivity contribution >= 4 is 28.6 Å². The van der Waals surface area contributed by atoms with Crippen molar-refractivity contribution in [2.24, 2.45) is 0 Å². The van der Waals surface area contributed by atoms with E-state index in [1.54, 1.807) is 0 Å². The van der Waals surface area contributed by atoms with Crippen LogP contribution in [0.25, 0.3) is 0 Å². The van der Waals surface area contributed by atoms with Gasteiger partial charge in [0.25, 0.3) is 0 Å². The van der Waals surface area contributed by atoms with Gasteiger partial charge in [-0.2, -0.15) is 0 Å². The smallest absolute Gasteiger partial charge is 0.323 e. The van der Waals surface area contributed by atoms with Crippen molar-refractivity contribution in [1.29, 1.82) is 0 Å². The lowest BCUT2D eigenvalue weighted by Crippen LogP contribution is -2.34. The summed E-state index contributed by atoms with van der Waals surface area (Å²) in [5, 5.41) is 3.11. The molecule has 1 rings (SSSR count). The van der Waals surface area contributed by atoms with Crippen molar-refractivity contribution in [1.82, 2.24) is 5.32 Å². The quantitative estimate of drug-likeness (QED) is 0.479. The van der Waals surface area contributed by atoms with Crippen LogP contribution in [0.4, 0.5) is 0 Å². The van der Waals surface area contributed by atoms with Crippen molar-refractivity contribution in [2.45, 2.75) is 31.9 Å². The highest BCUT2D eigenvalue weighted by Crippen LogP contribution is 2.08. The van der Waals surface area contributed by atoms with E-state index in [0.29, 0.717) is 0 Å². The van der Waals surface area contributed by atoms with Gasteiger partial charge in [-0.3, -0.25) is 4.79 Å². The molecule has 1 heterocycles. The van der Waals surface area contributed by atoms with E-state index < -0.39 is 0 Å². The maximum Gasteiger partial charge on any atom is 0.323 e. The Labute approximate surface area is 86.4 Å². The minimum Gasteiger partial charge on any atom is -0.461 e. The molecule has 0 bridgehead atoms. The third kappa shape index (κ3) is 2.90. The molecule has 0 radical (unpaired) electrons. The highest BCUT2D eigenvalue weighted by molar-refractivity contribution is 14.1. The largest absolute Gasteiger partial charge is 0.461 e. The van der Waals surface area contributed by atoms with Crippen molar-refractivity contribution in [3.8, 4) is 0 Å². The molecule has 1 fully saturated rings. The van der Waals surface area contributed by atoms with Gasteiger partial charge in [0, 0.05) is 4.43 Å². The minimum absolute atomic E-state index is 0.0421. The van der Waals surface area contributed by atoms with E-state index in [1.807, 2.05) is 6.92 Å². The predicted molar refractivity (Wildman–Crippen MR) is 55.5 cm³/mol. The molecule has 0 saturated carbocycles. The van der Waals surface area contributed by atoms with Gasteiger partial charge in [-0.05, 0) is 26.3 Å². The Morgan fingerprint density at radius 2 is 2.58 bits per heavy atom. The van der Waals surface area contributed by atoms with Gasteiger partial charge >= 0.3 is 5.97 Å². The van der Waals surface area contributed by atoms with Crippen LogP contribution in [0.1, 0.15) is 19.8 Å². The van der Waals surface area contributed by atoms with Crippen LogP contribution in [0.2, 0.25) is 0 Å². The molecule has 3 nitrogen and oxygen atoms in total. The molecular formula is C8H14INO2. The highest BCUT2D eigenvalue weighted by atomic mass is 127. The molecule has 0 aromatic carbocycles. The number of rotatable bonds is 3. The average Bonchev–Trinajstić information content (AvgIpc) is 2.56. The van der Waals surface area contributed by atoms with Crippen LogP contribution < -0.4 is 5.32 Å². The van der Waals surface area contributed by atoms with Crippen LogP contribution in [-0.4, -0.2) is 29.1 Å². The van der Waals surface area contributed by atoms with Gasteiger partial charge < -0.3 is 10.1 Å². The summed E-state index contributed by atoms with van der Waals surface area (Å²) in [5.74, 6) is -0.0864. The summed E-state index contributed by atoms with van der Waals surface area (Å²) in [7, 11) is 0. The van der Waals surface area contributed by atoms with E-state index in [2.05, 4.69) is 27.9 Å². The van der Waals surface area contributed by atoms with Gasteiger partial charge in [-0.1, -0.05) is 22.6 Å². The number of hydrogen-bond acceptors (Lipinski definition) is 3. The maximum atomic E-state index is 11.3. The number of carbonyl (C=O) groups excluding carboxylic acids is 1. The summed E-state index contributed by atoms with van der Waals surface area (Å²) >= 11 is 2.21. The van der Waals surface area contributed by atoms with Crippen LogP contribution in [0, 0.1) is 0 Å². The Balaban J connectivity index is 2.27. The molecule has 0 aromatic heterocycles. The molecule has 70 valence electrons. The van der Waals surface area contributed by atoms with Crippen LogP contribution in [0.15, 0.2) is 0 Å². The van der Waals surface area contributed by atoms with Gasteiger partial charge in [0.2, 0.25) is 0 Å². The summed E-state index contributed by atoms with van der Waals surface area (Å²) in [5.41, 5.74) is 0. The molecule has 1 aliphatic rings. The lowest BCUT2D eigenvalue weighted by Gasteiger charge is -2.13. The molecule has 12 heavy (non-hydrogen) atoms. The van der Waals surface area contributed by atoms with E-state index in [1.165, 1.54) is 0 Å². The average molecular weight is 283 g/mol. The normalized spacial score (nSPS) is 25.3. The number of halogens is 1. The Morgan fingerprint density at radius 3 is 3.08 bits per heavy atom. The van der Waals surface area contributed by atoms with Crippen LogP contribution in [-0.2, 0) is 9.53 Å². The SMILES string of the molecule is CC(CI)OC(=O)C1CCCN1. The molecule has 0 spiro atoms. The second-order valence-electron chi connectivity index (χ2n) is 3.05. The zero-order chi connectivity index (χ0) is 8.97. The fourth-order valence-electron chi connectivity index (χ4n) is 1.20. The molecule has 2 atom stereocenters. The molecular weight excluding hydrogens is 269 g/mol. The lowest BCUT2D eigenvalue weighted by atomic mass is 10.2. The number of hydrogen-bond donors (Lipinski definition) is 1. The maximum absolute atomic E-state index is 11.3. The van der Waals surface area contributed by atoms with Gasteiger partial charge in [0.1, 0.15) is 12.1 Å². The molecule has 1 N–H and O–H groups in total. The van der Waals surface area contributed by atoms with Gasteiger partial charge in [0.15, 0.2) is 0 Å². The van der Waals surface area contributed by atoms with Crippen molar-refractivity contribution in [3.63, 3.8) is 0 Å². The summed E-state index contributed by atoms with van der Waals surface area (Å²) < 4.78 is 6.03. The molecule has 2 unspecified atom stereocenters. The van der Waals surface area contributed by atoms with Crippen molar-refractivity contribution < 1.29 is 9.53 Å². The van der Waals surface area contributed by atoms with E-state index in [9.17, 15) is 4.79 Å². The first-order valence-corrected chi connectivity index (χ1v) is 5.76. The molecule has 1 saturated heterocycles. The van der Waals surface area contributed by atoms with Gasteiger partial charge in [-0.15, -0.1) is 0 Å². The van der Waals surface area contributed by atoms with Crippen LogP contribution in [0.3, 0.4) is 0 Å². The van der Waals surface area contributed by atoms with E-state index >= 15 is 0 Å². The minimum atomic E-state index is -0.0864. The molecule has 0 amide bonds. The molecule has 4 heteroatoms. The number of alkyl halides is 1. The molecule has 0 aliphatic carbocycles. The zero-order valence-corrected chi connectivity index (χ0v) is 9.34. The first kappa shape index (κ1) is 10.2. The number of ether oxygens (including phenoxy) is 1. The second kappa shape index (κ2) is 5.01. The Hall–Kier alpha value is 0.160. The first-order chi connectivity index (χ1) is 5.74. The first-order valence-electron chi connectivity index (χ1n) is 4.24. The summed E-state index contributed by atoms with van der Waals surface area (Å²) in [6.07, 6.45) is 2.05. The topological polar surface area (TPSA) is 38.3 Å². The zero-order valence-electron chi connectivity index (χ0n) is 7.18. The van der Waals surface area contributed by atoms with Crippen LogP contribution >= 0.6 is 22.6 Å². The fraction of sp³-hybridized carbons (Fsp3) is 0.875. The highest BCUT2D eigenvalue weighted by Gasteiger charge is 2.24. The third-order valence-electron chi connectivity index (χ3n) is 1.88. The van der Waals surface area contributed by atoms with Gasteiger partial charge in [0.05, 0.1) is 0 Å².